The van der Waals surface area contributed by atoms with Crippen molar-refractivity contribution in [2.24, 2.45) is 5.10 Å². The van der Waals surface area contributed by atoms with Gasteiger partial charge in [-0.15, -0.1) is 0 Å². The minimum Gasteiger partial charge on any atom is -0.507 e. The van der Waals surface area contributed by atoms with Crippen LogP contribution < -0.4 is 5.43 Å². The second kappa shape index (κ2) is 6.90. The lowest BCUT2D eigenvalue weighted by Crippen LogP contribution is -2.25. The van der Waals surface area contributed by atoms with Crippen molar-refractivity contribution in [1.82, 2.24) is 15.2 Å². The van der Waals surface area contributed by atoms with Crippen molar-refractivity contribution in [3.63, 3.8) is 0 Å². The van der Waals surface area contributed by atoms with E-state index < -0.39 is 10.8 Å². The van der Waals surface area contributed by atoms with Gasteiger partial charge in [-0.2, -0.15) is 10.2 Å². The molecule has 1 amide bonds. The third-order valence-corrected chi connectivity index (χ3v) is 3.46. The van der Waals surface area contributed by atoms with Crippen LogP contribution in [0.5, 0.6) is 5.75 Å². The van der Waals surface area contributed by atoms with Gasteiger partial charge >= 0.3 is 5.69 Å². The van der Waals surface area contributed by atoms with Crippen LogP contribution in [-0.4, -0.2) is 31.4 Å². The number of amides is 1. The van der Waals surface area contributed by atoms with Crippen molar-refractivity contribution in [2.45, 2.75) is 27.3 Å². The number of nitrogens with zero attached hydrogens (tertiary/aromatic N) is 4. The summed E-state index contributed by atoms with van der Waals surface area (Å²) in [5, 5.41) is 28.6. The smallest absolute Gasteiger partial charge is 0.312 e. The molecule has 0 aliphatic rings. The van der Waals surface area contributed by atoms with Crippen LogP contribution in [0.4, 0.5) is 5.69 Å². The zero-order chi connectivity index (χ0) is 17.9. The number of carbonyl (C=O) groups excluding carboxylic acids is 1. The van der Waals surface area contributed by atoms with Gasteiger partial charge in [0.2, 0.25) is 0 Å². The Morgan fingerprint density at radius 1 is 1.42 bits per heavy atom. The summed E-state index contributed by atoms with van der Waals surface area (Å²) in [5.74, 6) is -0.424. The molecular formula is C15H17N5O4. The molecule has 1 aromatic carbocycles. The number of hydrogen-bond donors (Lipinski definition) is 2. The highest BCUT2D eigenvalue weighted by molar-refractivity contribution is 6.01. The Kier molecular flexibility index (Phi) is 4.93. The summed E-state index contributed by atoms with van der Waals surface area (Å²) < 4.78 is 1.26. The molecule has 1 heterocycles. The summed E-state index contributed by atoms with van der Waals surface area (Å²) in [6.07, 6.45) is 0. The minimum atomic E-state index is -0.521. The maximum Gasteiger partial charge on any atom is 0.312 e. The standard InChI is InChI=1S/C15H17N5O4/c1-9(12-6-4-5-7-13(12)21)16-17-14(22)8-19-11(3)15(20(23)24)10(2)18-19/h4-7,21H,8H2,1-3H3,(H,17,22)/b16-9+. The monoisotopic (exact) mass is 331 g/mol. The second-order valence-corrected chi connectivity index (χ2v) is 5.18. The molecule has 2 rings (SSSR count). The molecule has 0 aliphatic heterocycles. The number of hydrazone groups is 1. The van der Waals surface area contributed by atoms with E-state index in [0.717, 1.165) is 0 Å². The number of para-hydroxylation sites is 1. The van der Waals surface area contributed by atoms with E-state index in [0.29, 0.717) is 17.0 Å². The van der Waals surface area contributed by atoms with E-state index in [1.54, 1.807) is 25.1 Å². The van der Waals surface area contributed by atoms with Gasteiger partial charge in [0.05, 0.1) is 10.6 Å². The van der Waals surface area contributed by atoms with Gasteiger partial charge in [0.1, 0.15) is 23.7 Å². The van der Waals surface area contributed by atoms with Gasteiger partial charge in [0, 0.05) is 5.56 Å². The fourth-order valence-electron chi connectivity index (χ4n) is 2.26. The fraction of sp³-hybridized carbons (Fsp3) is 0.267. The lowest BCUT2D eigenvalue weighted by molar-refractivity contribution is -0.386. The van der Waals surface area contributed by atoms with Gasteiger partial charge in [-0.25, -0.2) is 5.43 Å². The quantitative estimate of drug-likeness (QED) is 0.490. The van der Waals surface area contributed by atoms with Gasteiger partial charge in [-0.3, -0.25) is 19.6 Å². The number of aromatic hydroxyl groups is 1. The van der Waals surface area contributed by atoms with Gasteiger partial charge in [0.25, 0.3) is 5.91 Å². The molecule has 9 nitrogen and oxygen atoms in total. The van der Waals surface area contributed by atoms with Crippen molar-refractivity contribution in [3.8, 4) is 5.75 Å². The molecule has 0 saturated heterocycles. The van der Waals surface area contributed by atoms with Crippen LogP contribution >= 0.6 is 0 Å². The van der Waals surface area contributed by atoms with E-state index >= 15 is 0 Å². The zero-order valence-corrected chi connectivity index (χ0v) is 13.5. The lowest BCUT2D eigenvalue weighted by atomic mass is 10.1. The van der Waals surface area contributed by atoms with Crippen LogP contribution in [-0.2, 0) is 11.3 Å². The van der Waals surface area contributed by atoms with E-state index in [4.69, 9.17) is 0 Å². The zero-order valence-electron chi connectivity index (χ0n) is 13.5. The molecule has 0 radical (unpaired) electrons. The van der Waals surface area contributed by atoms with Gasteiger partial charge in [0.15, 0.2) is 0 Å². The van der Waals surface area contributed by atoms with Crippen molar-refractivity contribution < 1.29 is 14.8 Å². The molecular weight excluding hydrogens is 314 g/mol. The molecule has 24 heavy (non-hydrogen) atoms. The summed E-state index contributed by atoms with van der Waals surface area (Å²) in [6, 6.07) is 6.61. The average molecular weight is 331 g/mol. The third kappa shape index (κ3) is 3.57. The van der Waals surface area contributed by atoms with Gasteiger partial charge < -0.3 is 5.11 Å². The summed E-state index contributed by atoms with van der Waals surface area (Å²) in [6.45, 7) is 4.49. The van der Waals surface area contributed by atoms with E-state index in [1.165, 1.54) is 24.6 Å². The predicted molar refractivity (Wildman–Crippen MR) is 86.8 cm³/mol. The molecule has 0 spiro atoms. The number of phenolic OH excluding ortho intramolecular Hbond substituents is 1. The molecule has 126 valence electrons. The SMILES string of the molecule is C/C(=N\NC(=O)Cn1nc(C)c([N+](=O)[O-])c1C)c1ccccc1O. The first-order valence-corrected chi connectivity index (χ1v) is 7.11. The van der Waals surface area contributed by atoms with Crippen LogP contribution in [0.1, 0.15) is 23.9 Å². The minimum absolute atomic E-state index is 0.0576. The van der Waals surface area contributed by atoms with Crippen molar-refractivity contribution in [3.05, 3.63) is 51.3 Å². The maximum absolute atomic E-state index is 12.0. The maximum atomic E-state index is 12.0. The Hall–Kier alpha value is -3.23. The predicted octanol–water partition coefficient (Wildman–Crippen LogP) is 1.65. The molecule has 0 fully saturated rings. The lowest BCUT2D eigenvalue weighted by Gasteiger charge is -2.05. The number of phenols is 1. The second-order valence-electron chi connectivity index (χ2n) is 5.18. The fourth-order valence-corrected chi connectivity index (χ4v) is 2.26. The Balaban J connectivity index is 2.09. The Labute approximate surface area is 137 Å². The van der Waals surface area contributed by atoms with Gasteiger partial charge in [-0.1, -0.05) is 12.1 Å². The van der Waals surface area contributed by atoms with Crippen molar-refractivity contribution in [2.75, 3.05) is 0 Å². The van der Waals surface area contributed by atoms with Crippen molar-refractivity contribution >= 4 is 17.3 Å². The first-order valence-electron chi connectivity index (χ1n) is 7.11. The number of nitrogens with one attached hydrogen (secondary N) is 1. The van der Waals surface area contributed by atoms with Crippen LogP contribution in [0.15, 0.2) is 29.4 Å². The number of carbonyl (C=O) groups is 1. The van der Waals surface area contributed by atoms with E-state index in [9.17, 15) is 20.0 Å². The summed E-state index contributed by atoms with van der Waals surface area (Å²) in [7, 11) is 0. The first kappa shape index (κ1) is 17.1. The van der Waals surface area contributed by atoms with Crippen LogP contribution in [0, 0.1) is 24.0 Å². The van der Waals surface area contributed by atoms with Gasteiger partial charge in [-0.05, 0) is 32.9 Å². The molecule has 2 N–H and O–H groups in total. The first-order chi connectivity index (χ1) is 11.3. The normalized spacial score (nSPS) is 11.4. The largest absolute Gasteiger partial charge is 0.507 e. The van der Waals surface area contributed by atoms with Crippen LogP contribution in [0.3, 0.4) is 0 Å². The molecule has 0 aliphatic carbocycles. The van der Waals surface area contributed by atoms with E-state index in [2.05, 4.69) is 15.6 Å². The number of aryl methyl sites for hydroxylation is 1. The van der Waals surface area contributed by atoms with Crippen molar-refractivity contribution in [1.29, 1.82) is 0 Å². The van der Waals surface area contributed by atoms with E-state index in [-0.39, 0.29) is 23.7 Å². The molecule has 1 aromatic heterocycles. The van der Waals surface area contributed by atoms with Crippen LogP contribution in [0.2, 0.25) is 0 Å². The average Bonchev–Trinajstić information content (AvgIpc) is 2.79. The molecule has 2 aromatic rings. The number of rotatable bonds is 5. The third-order valence-electron chi connectivity index (χ3n) is 3.46. The van der Waals surface area contributed by atoms with Crippen LogP contribution in [0.25, 0.3) is 0 Å². The highest BCUT2D eigenvalue weighted by atomic mass is 16.6. The molecule has 0 atom stereocenters. The molecule has 9 heteroatoms. The summed E-state index contributed by atoms with van der Waals surface area (Å²) >= 11 is 0. The molecule has 0 bridgehead atoms. The Morgan fingerprint density at radius 2 is 2.08 bits per heavy atom. The Bertz CT molecular complexity index is 825. The molecule has 0 unspecified atom stereocenters. The van der Waals surface area contributed by atoms with E-state index in [1.807, 2.05) is 0 Å². The summed E-state index contributed by atoms with van der Waals surface area (Å²) in [5.41, 5.74) is 3.73. The topological polar surface area (TPSA) is 123 Å². The Morgan fingerprint density at radius 3 is 2.67 bits per heavy atom. The number of hydrogen-bond acceptors (Lipinski definition) is 6. The number of nitro groups is 1. The summed E-state index contributed by atoms with van der Waals surface area (Å²) in [4.78, 5) is 22.4. The highest BCUT2D eigenvalue weighted by Gasteiger charge is 2.22. The molecule has 0 saturated carbocycles. The number of benzene rings is 1. The number of aromatic nitrogens is 2. The highest BCUT2D eigenvalue weighted by Crippen LogP contribution is 2.21.